The highest BCUT2D eigenvalue weighted by Crippen LogP contribution is 2.23. The van der Waals surface area contributed by atoms with Crippen LogP contribution in [0.1, 0.15) is 21.7 Å². The standard InChI is InChI=1S/C13H9Cl2N3O4/c1-22-13(19)10-11(14)16-9(17-12(10)15)6-7-2-4-8(5-3-7)18(20)21/h2-5H,6H2,1H3. The molecule has 0 radical (unpaired) electrons. The van der Waals surface area contributed by atoms with Gasteiger partial charge >= 0.3 is 5.97 Å². The zero-order valence-corrected chi connectivity index (χ0v) is 12.8. The number of nitrogens with zero attached hydrogens (tertiary/aromatic N) is 3. The summed E-state index contributed by atoms with van der Waals surface area (Å²) in [6, 6.07) is 5.91. The Morgan fingerprint density at radius 2 is 1.77 bits per heavy atom. The summed E-state index contributed by atoms with van der Waals surface area (Å²) >= 11 is 11.8. The fourth-order valence-corrected chi connectivity index (χ4v) is 2.29. The van der Waals surface area contributed by atoms with Crippen LogP contribution in [0.4, 0.5) is 5.69 Å². The van der Waals surface area contributed by atoms with Gasteiger partial charge in [-0.1, -0.05) is 35.3 Å². The van der Waals surface area contributed by atoms with Gasteiger partial charge in [-0.3, -0.25) is 10.1 Å². The molecule has 7 nitrogen and oxygen atoms in total. The van der Waals surface area contributed by atoms with E-state index in [-0.39, 0.29) is 33.8 Å². The fourth-order valence-electron chi connectivity index (χ4n) is 1.72. The van der Waals surface area contributed by atoms with Crippen LogP contribution in [0, 0.1) is 10.1 Å². The molecule has 0 aliphatic carbocycles. The molecule has 0 fully saturated rings. The minimum atomic E-state index is -0.725. The Kier molecular flexibility index (Phi) is 4.89. The lowest BCUT2D eigenvalue weighted by Crippen LogP contribution is -2.08. The van der Waals surface area contributed by atoms with Gasteiger partial charge in [-0.05, 0) is 5.56 Å². The predicted octanol–water partition coefficient (Wildman–Crippen LogP) is 3.07. The van der Waals surface area contributed by atoms with Crippen molar-refractivity contribution in [3.8, 4) is 0 Å². The number of carbonyl (C=O) groups is 1. The van der Waals surface area contributed by atoms with E-state index in [1.165, 1.54) is 19.2 Å². The van der Waals surface area contributed by atoms with E-state index in [2.05, 4.69) is 14.7 Å². The molecule has 2 aromatic rings. The third kappa shape index (κ3) is 3.49. The van der Waals surface area contributed by atoms with Crippen LogP contribution in [-0.2, 0) is 11.2 Å². The number of non-ortho nitro benzene ring substituents is 1. The van der Waals surface area contributed by atoms with E-state index >= 15 is 0 Å². The number of nitro groups is 1. The molecule has 0 aliphatic rings. The second-order valence-corrected chi connectivity index (χ2v) is 4.90. The van der Waals surface area contributed by atoms with Crippen molar-refractivity contribution in [3.05, 3.63) is 61.6 Å². The van der Waals surface area contributed by atoms with E-state index in [1.54, 1.807) is 12.1 Å². The number of ether oxygens (including phenoxy) is 1. The average Bonchev–Trinajstić information content (AvgIpc) is 2.46. The molecule has 22 heavy (non-hydrogen) atoms. The van der Waals surface area contributed by atoms with E-state index in [0.717, 1.165) is 5.56 Å². The number of rotatable bonds is 4. The topological polar surface area (TPSA) is 95.2 Å². The van der Waals surface area contributed by atoms with Crippen molar-refractivity contribution in [2.45, 2.75) is 6.42 Å². The minimum Gasteiger partial charge on any atom is -0.465 e. The van der Waals surface area contributed by atoms with Gasteiger partial charge in [0.25, 0.3) is 5.69 Å². The van der Waals surface area contributed by atoms with Crippen LogP contribution in [0.2, 0.25) is 10.3 Å². The zero-order chi connectivity index (χ0) is 16.3. The Bertz CT molecular complexity index is 712. The Labute approximate surface area is 135 Å². The van der Waals surface area contributed by atoms with Crippen molar-refractivity contribution in [2.24, 2.45) is 0 Å². The normalized spacial score (nSPS) is 10.3. The van der Waals surface area contributed by atoms with Crippen LogP contribution >= 0.6 is 23.2 Å². The van der Waals surface area contributed by atoms with Crippen molar-refractivity contribution in [1.29, 1.82) is 0 Å². The Morgan fingerprint density at radius 3 is 2.23 bits per heavy atom. The molecule has 1 aromatic carbocycles. The molecule has 0 spiro atoms. The molecule has 2 rings (SSSR count). The van der Waals surface area contributed by atoms with Gasteiger partial charge in [0.2, 0.25) is 0 Å². The van der Waals surface area contributed by atoms with Crippen LogP contribution in [0.5, 0.6) is 0 Å². The maximum absolute atomic E-state index is 11.5. The summed E-state index contributed by atoms with van der Waals surface area (Å²) < 4.78 is 4.54. The molecule has 114 valence electrons. The summed E-state index contributed by atoms with van der Waals surface area (Å²) in [5.41, 5.74) is 0.628. The van der Waals surface area contributed by atoms with Gasteiger partial charge in [-0.25, -0.2) is 14.8 Å². The first kappa shape index (κ1) is 16.1. The SMILES string of the molecule is COC(=O)c1c(Cl)nc(Cc2ccc([N+](=O)[O-])cc2)nc1Cl. The number of aromatic nitrogens is 2. The molecule has 0 N–H and O–H groups in total. The third-order valence-corrected chi connectivity index (χ3v) is 3.31. The van der Waals surface area contributed by atoms with Gasteiger partial charge in [0.05, 0.1) is 12.0 Å². The van der Waals surface area contributed by atoms with E-state index < -0.39 is 10.9 Å². The highest BCUT2D eigenvalue weighted by Gasteiger charge is 2.19. The lowest BCUT2D eigenvalue weighted by Gasteiger charge is -2.06. The average molecular weight is 342 g/mol. The quantitative estimate of drug-likeness (QED) is 0.367. The molecule has 0 unspecified atom stereocenters. The summed E-state index contributed by atoms with van der Waals surface area (Å²) in [5, 5.41) is 10.4. The van der Waals surface area contributed by atoms with Crippen molar-refractivity contribution in [3.63, 3.8) is 0 Å². The summed E-state index contributed by atoms with van der Waals surface area (Å²) in [4.78, 5) is 29.6. The van der Waals surface area contributed by atoms with Crippen LogP contribution in [0.3, 0.4) is 0 Å². The van der Waals surface area contributed by atoms with Crippen LogP contribution in [0.25, 0.3) is 0 Å². The third-order valence-electron chi connectivity index (χ3n) is 2.77. The van der Waals surface area contributed by atoms with E-state index in [1.807, 2.05) is 0 Å². The molecular formula is C13H9Cl2N3O4. The van der Waals surface area contributed by atoms with Gasteiger partial charge < -0.3 is 4.74 Å². The highest BCUT2D eigenvalue weighted by atomic mass is 35.5. The number of hydrogen-bond donors (Lipinski definition) is 0. The zero-order valence-electron chi connectivity index (χ0n) is 11.2. The van der Waals surface area contributed by atoms with Crippen molar-refractivity contribution >= 4 is 34.9 Å². The summed E-state index contributed by atoms with van der Waals surface area (Å²) in [6.45, 7) is 0. The van der Waals surface area contributed by atoms with Gasteiger partial charge in [0, 0.05) is 18.6 Å². The molecule has 9 heteroatoms. The number of halogens is 2. The number of hydrogen-bond acceptors (Lipinski definition) is 6. The molecule has 0 saturated heterocycles. The largest absolute Gasteiger partial charge is 0.465 e. The van der Waals surface area contributed by atoms with Gasteiger partial charge in [-0.2, -0.15) is 0 Å². The van der Waals surface area contributed by atoms with E-state index in [4.69, 9.17) is 23.2 Å². The second kappa shape index (κ2) is 6.67. The van der Waals surface area contributed by atoms with Crippen molar-refractivity contribution < 1.29 is 14.5 Å². The van der Waals surface area contributed by atoms with Crippen molar-refractivity contribution in [1.82, 2.24) is 9.97 Å². The fraction of sp³-hybridized carbons (Fsp3) is 0.154. The molecule has 0 amide bonds. The van der Waals surface area contributed by atoms with Crippen molar-refractivity contribution in [2.75, 3.05) is 7.11 Å². The molecule has 0 saturated carbocycles. The number of esters is 1. The second-order valence-electron chi connectivity index (χ2n) is 4.19. The lowest BCUT2D eigenvalue weighted by atomic mass is 10.1. The Balaban J connectivity index is 2.27. The Morgan fingerprint density at radius 1 is 1.23 bits per heavy atom. The molecule has 0 aliphatic heterocycles. The number of benzene rings is 1. The molecule has 0 bridgehead atoms. The first-order valence-electron chi connectivity index (χ1n) is 5.96. The summed E-state index contributed by atoms with van der Waals surface area (Å²) in [7, 11) is 1.19. The van der Waals surface area contributed by atoms with Gasteiger partial charge in [0.1, 0.15) is 21.7 Å². The van der Waals surface area contributed by atoms with Crippen LogP contribution in [0.15, 0.2) is 24.3 Å². The number of methoxy groups -OCH3 is 1. The Hall–Kier alpha value is -2.25. The van der Waals surface area contributed by atoms with E-state index in [0.29, 0.717) is 0 Å². The first-order chi connectivity index (χ1) is 10.4. The molecule has 1 aromatic heterocycles. The smallest absolute Gasteiger partial charge is 0.344 e. The maximum atomic E-state index is 11.5. The predicted molar refractivity (Wildman–Crippen MR) is 79.3 cm³/mol. The van der Waals surface area contributed by atoms with Crippen LogP contribution in [-0.4, -0.2) is 28.0 Å². The monoisotopic (exact) mass is 341 g/mol. The lowest BCUT2D eigenvalue weighted by molar-refractivity contribution is -0.384. The number of carbonyl (C=O) groups excluding carboxylic acids is 1. The molecule has 0 atom stereocenters. The van der Waals surface area contributed by atoms with E-state index in [9.17, 15) is 14.9 Å². The van der Waals surface area contributed by atoms with Crippen LogP contribution < -0.4 is 0 Å². The number of nitro benzene ring substituents is 1. The summed E-state index contributed by atoms with van der Waals surface area (Å²) in [5.74, 6) is -0.437. The minimum absolute atomic E-state index is 0.0122. The maximum Gasteiger partial charge on any atom is 0.344 e. The summed E-state index contributed by atoms with van der Waals surface area (Å²) in [6.07, 6.45) is 0.263. The molecular weight excluding hydrogens is 333 g/mol. The van der Waals surface area contributed by atoms with Gasteiger partial charge in [0.15, 0.2) is 0 Å². The van der Waals surface area contributed by atoms with Gasteiger partial charge in [-0.15, -0.1) is 0 Å². The highest BCUT2D eigenvalue weighted by molar-refractivity contribution is 6.37. The molecule has 1 heterocycles. The first-order valence-corrected chi connectivity index (χ1v) is 6.71.